The van der Waals surface area contributed by atoms with Crippen molar-refractivity contribution in [1.29, 1.82) is 0 Å². The maximum absolute atomic E-state index is 14.6. The Labute approximate surface area is 431 Å². The molecule has 20 heteroatoms. The molecule has 18 atom stereocenters. The molecule has 0 unspecified atom stereocenters. The number of hydrogen-bond donors (Lipinski definition) is 7. The molecule has 3 aliphatic heterocycles. The topological polar surface area (TPSA) is 230 Å². The summed E-state index contributed by atoms with van der Waals surface area (Å²) in [5.41, 5.74) is -3.08. The van der Waals surface area contributed by atoms with Crippen LogP contribution in [0.1, 0.15) is 135 Å². The van der Waals surface area contributed by atoms with Gasteiger partial charge in [-0.15, -0.1) is 11.3 Å². The fraction of sp³-hybridized carbons (Fsp3) is 0.863. The van der Waals surface area contributed by atoms with Crippen LogP contribution < -0.4 is 10.6 Å². The Morgan fingerprint density at radius 2 is 1.65 bits per heavy atom. The van der Waals surface area contributed by atoms with E-state index in [0.29, 0.717) is 48.2 Å². The molecule has 0 saturated carbocycles. The van der Waals surface area contributed by atoms with Crippen molar-refractivity contribution in [2.75, 3.05) is 53.3 Å². The molecule has 3 saturated heterocycles. The smallest absolute Gasteiger partial charge is 0.341 e. The van der Waals surface area contributed by atoms with Gasteiger partial charge in [0.1, 0.15) is 35.0 Å². The third-order valence-corrected chi connectivity index (χ3v) is 17.2. The van der Waals surface area contributed by atoms with Crippen LogP contribution in [0.2, 0.25) is 0 Å². The van der Waals surface area contributed by atoms with E-state index in [1.807, 2.05) is 46.7 Å². The number of fused-ring (bicyclic) bond motifs is 1. The second-order valence-electron chi connectivity index (χ2n) is 21.9. The van der Waals surface area contributed by atoms with Gasteiger partial charge < -0.3 is 74.2 Å². The molecule has 5 rings (SSSR count). The first-order chi connectivity index (χ1) is 33.2. The van der Waals surface area contributed by atoms with Gasteiger partial charge >= 0.3 is 11.9 Å². The van der Waals surface area contributed by atoms with E-state index in [1.54, 1.807) is 34.6 Å². The molecule has 0 amide bonds. The van der Waals surface area contributed by atoms with E-state index < -0.39 is 102 Å². The summed E-state index contributed by atoms with van der Waals surface area (Å²) in [5.74, 6) is -3.27. The SMILES string of the molecule is CC[C@H]1OC(=O)[C@H](C)[C@@H](O[C@H]2C[C@@](C)(OC)[C@@H](O)[C@H](C)O2)[C@H](C)[C@@H](O[C@@H]2O[C@H](C)C[C@H](N(C)C)[C@H]2O)[C@](C)(O)C[C@@H](C)CN(CCCNC(=S)Nc2sc3c(c2C(=O)OC)CCCC3)[C@H](C)[C@@H](O)[C@]1(C)O. The quantitative estimate of drug-likeness (QED) is 0.0826. The molecule has 0 radical (unpaired) electrons. The number of methoxy groups -OCH3 is 2. The average molecular weight is 1050 g/mol. The van der Waals surface area contributed by atoms with Gasteiger partial charge in [0.25, 0.3) is 0 Å². The number of thiocarbonyl (C=S) groups is 1. The largest absolute Gasteiger partial charge is 0.465 e. The molecule has 1 aromatic rings. The van der Waals surface area contributed by atoms with Gasteiger partial charge in [0.15, 0.2) is 17.7 Å². The van der Waals surface area contributed by atoms with Gasteiger partial charge in [-0.3, -0.25) is 9.69 Å². The zero-order valence-electron chi connectivity index (χ0n) is 44.8. The maximum atomic E-state index is 14.6. The number of aryl methyl sites for hydroxylation is 1. The van der Waals surface area contributed by atoms with Crippen molar-refractivity contribution in [3.8, 4) is 0 Å². The molecule has 408 valence electrons. The molecule has 0 spiro atoms. The number of nitrogens with zero attached hydrogens (tertiary/aromatic N) is 2. The standard InChI is InChI=1S/C51H88N4O14S2/c1-15-36-51(10,62)41(57)31(6)55(22-18-21-52-48(70)53-44-38(46(60)63-13)33-19-16-17-20-35(33)71-44)26-27(2)24-49(8,61)43(69-47-39(56)34(54(11)12)23-28(3)65-47)29(4)40(30(5)45(59)67-36)68-37-25-50(9,64-14)42(58)32(7)66-37/h27-32,34,36-37,39-43,47,56-58,61-62H,15-26H2,1-14H3,(H2,52,53,70)/t27-,28-,29+,30-,31-,32+,34+,36-,37+,39-,40+,41-,42+,43-,47+,49-,50-,51-/m1/s1. The van der Waals surface area contributed by atoms with Crippen LogP contribution in [-0.4, -0.2) is 191 Å². The number of anilines is 1. The van der Waals surface area contributed by atoms with Crippen LogP contribution >= 0.6 is 23.6 Å². The Morgan fingerprint density at radius 3 is 2.28 bits per heavy atom. The second-order valence-corrected chi connectivity index (χ2v) is 23.4. The highest BCUT2D eigenvalue weighted by Gasteiger charge is 2.53. The maximum Gasteiger partial charge on any atom is 0.341 e. The Kier molecular flexibility index (Phi) is 21.1. The Hall–Kier alpha value is -2.15. The normalized spacial score (nSPS) is 40.2. The molecule has 4 aliphatic rings. The number of hydrogen-bond acceptors (Lipinski definition) is 18. The summed E-state index contributed by atoms with van der Waals surface area (Å²) in [5, 5.41) is 67.8. The average Bonchev–Trinajstić information content (AvgIpc) is 3.68. The van der Waals surface area contributed by atoms with Gasteiger partial charge in [0, 0.05) is 56.0 Å². The van der Waals surface area contributed by atoms with Crippen molar-refractivity contribution in [2.45, 2.75) is 217 Å². The number of ether oxygens (including phenoxy) is 7. The number of aliphatic hydroxyl groups excluding tert-OH is 3. The van der Waals surface area contributed by atoms with Gasteiger partial charge in [-0.2, -0.15) is 0 Å². The van der Waals surface area contributed by atoms with Crippen molar-refractivity contribution in [3.63, 3.8) is 0 Å². The number of carbonyl (C=O) groups excluding carboxylic acids is 2. The monoisotopic (exact) mass is 1040 g/mol. The van der Waals surface area contributed by atoms with Crippen molar-refractivity contribution in [1.82, 2.24) is 15.1 Å². The van der Waals surface area contributed by atoms with Crippen LogP contribution in [0.5, 0.6) is 0 Å². The lowest BCUT2D eigenvalue weighted by Crippen LogP contribution is -2.60. The molecular weight excluding hydrogens is 957 g/mol. The summed E-state index contributed by atoms with van der Waals surface area (Å²) < 4.78 is 43.3. The van der Waals surface area contributed by atoms with Crippen LogP contribution in [-0.2, 0) is 50.8 Å². The van der Waals surface area contributed by atoms with E-state index in [4.69, 9.17) is 45.4 Å². The van der Waals surface area contributed by atoms with E-state index in [1.165, 1.54) is 37.4 Å². The van der Waals surface area contributed by atoms with E-state index in [2.05, 4.69) is 15.5 Å². The number of likely N-dealkylation sites (N-methyl/N-ethyl adjacent to an activating group) is 1. The summed E-state index contributed by atoms with van der Waals surface area (Å²) in [6.07, 6.45) is -4.71. The molecule has 18 nitrogen and oxygen atoms in total. The zero-order valence-corrected chi connectivity index (χ0v) is 46.4. The highest BCUT2D eigenvalue weighted by molar-refractivity contribution is 7.80. The van der Waals surface area contributed by atoms with Crippen molar-refractivity contribution in [3.05, 3.63) is 16.0 Å². The van der Waals surface area contributed by atoms with Crippen molar-refractivity contribution < 1.29 is 68.3 Å². The molecule has 71 heavy (non-hydrogen) atoms. The first kappa shape index (κ1) is 59.7. The number of rotatable bonds is 13. The molecule has 7 N–H and O–H groups in total. The summed E-state index contributed by atoms with van der Waals surface area (Å²) in [4.78, 5) is 32.6. The van der Waals surface area contributed by atoms with Gasteiger partial charge in [0.2, 0.25) is 0 Å². The summed E-state index contributed by atoms with van der Waals surface area (Å²) in [6, 6.07) is -0.995. The second kappa shape index (κ2) is 25.1. The first-order valence-corrected chi connectivity index (χ1v) is 27.0. The number of cyclic esters (lactones) is 1. The van der Waals surface area contributed by atoms with Crippen LogP contribution in [0.15, 0.2) is 0 Å². The molecule has 1 aliphatic carbocycles. The lowest BCUT2D eigenvalue weighted by molar-refractivity contribution is -0.318. The predicted octanol–water partition coefficient (Wildman–Crippen LogP) is 4.37. The summed E-state index contributed by atoms with van der Waals surface area (Å²) in [7, 11) is 6.64. The van der Waals surface area contributed by atoms with E-state index in [0.717, 1.165) is 31.2 Å². The summed E-state index contributed by atoms with van der Waals surface area (Å²) >= 11 is 7.25. The van der Waals surface area contributed by atoms with Gasteiger partial charge in [-0.1, -0.05) is 20.8 Å². The number of esters is 2. The minimum absolute atomic E-state index is 0.0993. The van der Waals surface area contributed by atoms with E-state index in [-0.39, 0.29) is 37.3 Å². The van der Waals surface area contributed by atoms with E-state index >= 15 is 0 Å². The molecular formula is C51H88N4O14S2. The minimum atomic E-state index is -1.92. The molecule has 0 aromatic carbocycles. The third-order valence-electron chi connectivity index (χ3n) is 15.7. The highest BCUT2D eigenvalue weighted by atomic mass is 32.1. The Bertz CT molecular complexity index is 1920. The van der Waals surface area contributed by atoms with Crippen LogP contribution in [0.4, 0.5) is 5.00 Å². The fourth-order valence-corrected chi connectivity index (χ4v) is 13.1. The van der Waals surface area contributed by atoms with Gasteiger partial charge in [-0.05, 0) is 138 Å². The third kappa shape index (κ3) is 14.0. The zero-order chi connectivity index (χ0) is 52.9. The van der Waals surface area contributed by atoms with E-state index in [9.17, 15) is 35.1 Å². The minimum Gasteiger partial charge on any atom is -0.465 e. The highest BCUT2D eigenvalue weighted by Crippen LogP contribution is 2.41. The first-order valence-electron chi connectivity index (χ1n) is 25.8. The van der Waals surface area contributed by atoms with Crippen molar-refractivity contribution >= 4 is 45.6 Å². The van der Waals surface area contributed by atoms with Crippen molar-refractivity contribution in [2.24, 2.45) is 17.8 Å². The van der Waals surface area contributed by atoms with Crippen LogP contribution in [0.25, 0.3) is 0 Å². The number of nitrogens with one attached hydrogen (secondary N) is 2. The summed E-state index contributed by atoms with van der Waals surface area (Å²) in [6.45, 7) is 18.8. The Balaban J connectivity index is 1.47. The lowest BCUT2D eigenvalue weighted by atomic mass is 9.77. The predicted molar refractivity (Wildman–Crippen MR) is 274 cm³/mol. The molecule has 0 bridgehead atoms. The fourth-order valence-electron chi connectivity index (χ4n) is 11.5. The lowest BCUT2D eigenvalue weighted by Gasteiger charge is -2.48. The van der Waals surface area contributed by atoms with Crippen LogP contribution in [0, 0.1) is 17.8 Å². The number of aliphatic hydroxyl groups is 5. The Morgan fingerprint density at radius 1 is 0.972 bits per heavy atom. The molecule has 3 fully saturated rings. The van der Waals surface area contributed by atoms with Gasteiger partial charge in [-0.25, -0.2) is 4.79 Å². The van der Waals surface area contributed by atoms with Gasteiger partial charge in [0.05, 0.1) is 54.2 Å². The van der Waals surface area contributed by atoms with Crippen LogP contribution in [0.3, 0.4) is 0 Å². The number of thiophene rings is 1. The number of carbonyl (C=O) groups is 2. The molecule has 1 aromatic heterocycles. The molecule has 4 heterocycles.